The van der Waals surface area contributed by atoms with Gasteiger partial charge in [0.25, 0.3) is 0 Å². The number of benzene rings is 4. The number of nitrogens with two attached hydrogens (primary N) is 2. The van der Waals surface area contributed by atoms with Crippen LogP contribution in [-0.2, 0) is 22.4 Å². The molecule has 43 heavy (non-hydrogen) atoms. The predicted molar refractivity (Wildman–Crippen MR) is 177 cm³/mol. The van der Waals surface area contributed by atoms with Gasteiger partial charge in [-0.05, 0) is 64.3 Å². The lowest BCUT2D eigenvalue weighted by Gasteiger charge is -2.48. The monoisotopic (exact) mass is 578 g/mol. The molecular formula is C37H46N4O2. The third kappa shape index (κ3) is 7.26. The first-order valence-electron chi connectivity index (χ1n) is 15.8. The fraction of sp³-hybridized carbons (Fsp3) is 0.405. The highest BCUT2D eigenvalue weighted by molar-refractivity contribution is 5.87. The van der Waals surface area contributed by atoms with Crippen LogP contribution < -0.4 is 11.5 Å². The molecular weight excluding hydrogens is 532 g/mol. The third-order valence-electron chi connectivity index (χ3n) is 8.80. The Morgan fingerprint density at radius 3 is 1.60 bits per heavy atom. The van der Waals surface area contributed by atoms with Gasteiger partial charge in [0.15, 0.2) is 0 Å². The smallest absolute Gasteiger partial charge is 0.240 e. The number of nitrogens with zero attached hydrogens (tertiary/aromatic N) is 2. The lowest BCUT2D eigenvalue weighted by atomic mass is 9.93. The normalized spacial score (nSPS) is 18.7. The topological polar surface area (TPSA) is 92.7 Å². The molecule has 1 heterocycles. The summed E-state index contributed by atoms with van der Waals surface area (Å²) in [5.41, 5.74) is 15.3. The van der Waals surface area contributed by atoms with Gasteiger partial charge in [0.05, 0.1) is 12.1 Å². The van der Waals surface area contributed by atoms with Crippen molar-refractivity contribution in [3.63, 3.8) is 0 Å². The number of hydrogen-bond donors (Lipinski definition) is 2. The van der Waals surface area contributed by atoms with E-state index in [1.54, 1.807) is 0 Å². The number of carbonyl (C=O) groups excluding carboxylic acids is 2. The molecule has 0 unspecified atom stereocenters. The van der Waals surface area contributed by atoms with E-state index in [4.69, 9.17) is 11.5 Å². The van der Waals surface area contributed by atoms with Crippen LogP contribution >= 0.6 is 0 Å². The molecule has 1 saturated heterocycles. The van der Waals surface area contributed by atoms with Gasteiger partial charge in [-0.2, -0.15) is 0 Å². The third-order valence-corrected chi connectivity index (χ3v) is 8.80. The lowest BCUT2D eigenvalue weighted by Crippen LogP contribution is -2.65. The fourth-order valence-corrected chi connectivity index (χ4v) is 6.66. The Hall–Kier alpha value is -3.74. The highest BCUT2D eigenvalue weighted by Crippen LogP contribution is 2.26. The summed E-state index contributed by atoms with van der Waals surface area (Å²) >= 11 is 0. The number of piperazine rings is 1. The molecule has 4 atom stereocenters. The van der Waals surface area contributed by atoms with Gasteiger partial charge in [-0.25, -0.2) is 0 Å². The molecule has 5 rings (SSSR count). The standard InChI is InChI=1S/C37H46N4O2/c1-4-9-32-23-41(37(43)35(39)22-27-15-17-29-11-6-8-13-31(29)20-27)33(18-25(2)3)24-40(32)36(42)34(38)21-26-14-16-28-10-5-7-12-30(28)19-26/h5-8,10-17,19-20,25,32-35H,4,9,18,21-24,38-39H2,1-3H3/t32-,33+,34+,35+/m0/s1. The van der Waals surface area contributed by atoms with Crippen LogP contribution in [-0.4, -0.2) is 58.9 Å². The average molecular weight is 579 g/mol. The average Bonchev–Trinajstić information content (AvgIpc) is 3.00. The SMILES string of the molecule is CCC[C@H]1CN(C(=O)[C@H](N)Cc2ccc3ccccc3c2)[C@H](CC(C)C)CN1C(=O)[C@H](N)Cc1ccc2ccccc2c1. The Morgan fingerprint density at radius 2 is 1.14 bits per heavy atom. The minimum atomic E-state index is -0.643. The largest absolute Gasteiger partial charge is 0.335 e. The summed E-state index contributed by atoms with van der Waals surface area (Å²) in [6.07, 6.45) is 3.48. The number of amides is 2. The van der Waals surface area contributed by atoms with Crippen LogP contribution in [0.4, 0.5) is 0 Å². The van der Waals surface area contributed by atoms with E-state index in [1.165, 1.54) is 10.8 Å². The van der Waals surface area contributed by atoms with E-state index in [1.807, 2.05) is 34.1 Å². The number of carbonyl (C=O) groups is 2. The van der Waals surface area contributed by atoms with Crippen molar-refractivity contribution in [1.29, 1.82) is 0 Å². The summed E-state index contributed by atoms with van der Waals surface area (Å²) < 4.78 is 0. The summed E-state index contributed by atoms with van der Waals surface area (Å²) in [6.45, 7) is 7.42. The second kappa shape index (κ2) is 13.7. The highest BCUT2D eigenvalue weighted by atomic mass is 16.2. The lowest BCUT2D eigenvalue weighted by molar-refractivity contribution is -0.149. The molecule has 1 fully saturated rings. The molecule has 1 aliphatic heterocycles. The van der Waals surface area contributed by atoms with Crippen molar-refractivity contribution in [2.45, 2.75) is 77.0 Å². The molecule has 6 heteroatoms. The van der Waals surface area contributed by atoms with Gasteiger partial charge in [-0.15, -0.1) is 0 Å². The van der Waals surface area contributed by atoms with Crippen molar-refractivity contribution in [2.75, 3.05) is 13.1 Å². The second-order valence-corrected chi connectivity index (χ2v) is 12.7. The Kier molecular flexibility index (Phi) is 9.79. The molecule has 2 amide bonds. The predicted octanol–water partition coefficient (Wildman–Crippen LogP) is 5.69. The van der Waals surface area contributed by atoms with Crippen LogP contribution in [0.5, 0.6) is 0 Å². The maximum absolute atomic E-state index is 13.9. The van der Waals surface area contributed by atoms with E-state index in [0.717, 1.165) is 41.2 Å². The number of fused-ring (bicyclic) bond motifs is 2. The van der Waals surface area contributed by atoms with E-state index in [-0.39, 0.29) is 23.9 Å². The van der Waals surface area contributed by atoms with E-state index in [0.29, 0.717) is 31.8 Å². The Morgan fingerprint density at radius 1 is 0.698 bits per heavy atom. The van der Waals surface area contributed by atoms with Gasteiger partial charge in [-0.3, -0.25) is 9.59 Å². The van der Waals surface area contributed by atoms with Gasteiger partial charge in [0.2, 0.25) is 11.8 Å². The van der Waals surface area contributed by atoms with Gasteiger partial charge < -0.3 is 21.3 Å². The van der Waals surface area contributed by atoms with Crippen molar-refractivity contribution in [2.24, 2.45) is 17.4 Å². The molecule has 0 spiro atoms. The first-order chi connectivity index (χ1) is 20.7. The van der Waals surface area contributed by atoms with Crippen LogP contribution in [0.1, 0.15) is 51.2 Å². The van der Waals surface area contributed by atoms with Gasteiger partial charge >= 0.3 is 0 Å². The van der Waals surface area contributed by atoms with Crippen molar-refractivity contribution in [3.8, 4) is 0 Å². The summed E-state index contributed by atoms with van der Waals surface area (Å²) in [7, 11) is 0. The quantitative estimate of drug-likeness (QED) is 0.253. The molecule has 0 saturated carbocycles. The van der Waals surface area contributed by atoms with Crippen molar-refractivity contribution in [3.05, 3.63) is 96.1 Å². The van der Waals surface area contributed by atoms with E-state index >= 15 is 0 Å². The van der Waals surface area contributed by atoms with E-state index in [2.05, 4.69) is 81.4 Å². The molecule has 0 aromatic heterocycles. The molecule has 0 aliphatic carbocycles. The van der Waals surface area contributed by atoms with Crippen molar-refractivity contribution >= 4 is 33.4 Å². The zero-order valence-corrected chi connectivity index (χ0v) is 25.8. The summed E-state index contributed by atoms with van der Waals surface area (Å²) in [4.78, 5) is 31.8. The van der Waals surface area contributed by atoms with Crippen LogP contribution in [0.15, 0.2) is 84.9 Å². The maximum Gasteiger partial charge on any atom is 0.240 e. The van der Waals surface area contributed by atoms with Crippen molar-refractivity contribution in [1.82, 2.24) is 9.80 Å². The molecule has 226 valence electrons. The highest BCUT2D eigenvalue weighted by Gasteiger charge is 2.40. The maximum atomic E-state index is 13.9. The summed E-state index contributed by atoms with van der Waals surface area (Å²) in [5.74, 6) is 0.295. The Labute approximate surface area is 256 Å². The van der Waals surface area contributed by atoms with Gasteiger partial charge in [0.1, 0.15) is 0 Å². The molecule has 1 aliphatic rings. The first kappa shape index (κ1) is 30.7. The Bertz CT molecular complexity index is 1570. The number of hydrogen-bond acceptors (Lipinski definition) is 4. The van der Waals surface area contributed by atoms with E-state index in [9.17, 15) is 9.59 Å². The zero-order valence-electron chi connectivity index (χ0n) is 25.8. The Balaban J connectivity index is 1.31. The molecule has 0 radical (unpaired) electrons. The first-order valence-corrected chi connectivity index (χ1v) is 15.8. The number of rotatable bonds is 10. The van der Waals surface area contributed by atoms with Crippen LogP contribution in [0.2, 0.25) is 0 Å². The summed E-state index contributed by atoms with van der Waals surface area (Å²) in [5, 5.41) is 4.63. The molecule has 6 nitrogen and oxygen atoms in total. The van der Waals surface area contributed by atoms with Gasteiger partial charge in [0, 0.05) is 25.2 Å². The molecule has 4 N–H and O–H groups in total. The molecule has 4 aromatic rings. The zero-order chi connectivity index (χ0) is 30.5. The van der Waals surface area contributed by atoms with Crippen LogP contribution in [0.25, 0.3) is 21.5 Å². The fourth-order valence-electron chi connectivity index (χ4n) is 6.66. The summed E-state index contributed by atoms with van der Waals surface area (Å²) in [6, 6.07) is 27.5. The minimum absolute atomic E-state index is 0.0343. The second-order valence-electron chi connectivity index (χ2n) is 12.7. The van der Waals surface area contributed by atoms with Crippen molar-refractivity contribution < 1.29 is 9.59 Å². The van der Waals surface area contributed by atoms with E-state index < -0.39 is 12.1 Å². The van der Waals surface area contributed by atoms with Crippen LogP contribution in [0, 0.1) is 5.92 Å². The van der Waals surface area contributed by atoms with Crippen LogP contribution in [0.3, 0.4) is 0 Å². The minimum Gasteiger partial charge on any atom is -0.335 e. The van der Waals surface area contributed by atoms with Gasteiger partial charge in [-0.1, -0.05) is 112 Å². The molecule has 4 aromatic carbocycles. The molecule has 0 bridgehead atoms.